The first-order valence-corrected chi connectivity index (χ1v) is 8.80. The average Bonchev–Trinajstić information content (AvgIpc) is 3.11. The monoisotopic (exact) mass is 449 g/mol. The van der Waals surface area contributed by atoms with Gasteiger partial charge in [0, 0.05) is 19.6 Å². The highest BCUT2D eigenvalue weighted by Gasteiger charge is 2.35. The molecule has 0 spiro atoms. The van der Waals surface area contributed by atoms with Gasteiger partial charge in [0.2, 0.25) is 5.91 Å². The molecule has 2 saturated heterocycles. The summed E-state index contributed by atoms with van der Waals surface area (Å²) in [4.78, 5) is 31.4. The number of hydrogen-bond acceptors (Lipinski definition) is 3. The Morgan fingerprint density at radius 3 is 2.46 bits per heavy atom. The van der Waals surface area contributed by atoms with Crippen LogP contribution in [-0.2, 0) is 4.79 Å². The van der Waals surface area contributed by atoms with Gasteiger partial charge in [0.1, 0.15) is 0 Å². The van der Waals surface area contributed by atoms with Crippen molar-refractivity contribution in [3.05, 3.63) is 0 Å². The van der Waals surface area contributed by atoms with Crippen molar-refractivity contribution in [2.75, 3.05) is 39.3 Å². The van der Waals surface area contributed by atoms with Crippen molar-refractivity contribution in [2.45, 2.75) is 32.6 Å². The van der Waals surface area contributed by atoms with Crippen LogP contribution >= 0.6 is 24.0 Å². The number of carbonyl (C=O) groups is 2. The smallest absolute Gasteiger partial charge is 0.324 e. The number of hydrogen-bond donors (Lipinski definition) is 2. The number of nitrogens with one attached hydrogen (secondary N) is 2. The summed E-state index contributed by atoms with van der Waals surface area (Å²) in [7, 11) is 0. The lowest BCUT2D eigenvalue weighted by molar-refractivity contribution is -0.124. The maximum atomic E-state index is 11.6. The van der Waals surface area contributed by atoms with E-state index >= 15 is 0 Å². The van der Waals surface area contributed by atoms with Gasteiger partial charge in [-0.15, -0.1) is 24.0 Å². The molecule has 0 radical (unpaired) electrons. The van der Waals surface area contributed by atoms with Gasteiger partial charge in [0.25, 0.3) is 0 Å². The Morgan fingerprint density at radius 1 is 1.25 bits per heavy atom. The molecule has 136 valence electrons. The molecule has 24 heavy (non-hydrogen) atoms. The number of imide groups is 1. The molecule has 0 bridgehead atoms. The fourth-order valence-electron chi connectivity index (χ4n) is 3.94. The molecule has 3 amide bonds. The molecule has 1 saturated carbocycles. The van der Waals surface area contributed by atoms with Crippen molar-refractivity contribution in [3.8, 4) is 0 Å². The van der Waals surface area contributed by atoms with E-state index in [-0.39, 0.29) is 42.5 Å². The summed E-state index contributed by atoms with van der Waals surface area (Å²) in [5.41, 5.74) is 0. The van der Waals surface area contributed by atoms with Gasteiger partial charge in [0.05, 0.1) is 19.6 Å². The number of fused-ring (bicyclic) bond motifs is 1. The van der Waals surface area contributed by atoms with Gasteiger partial charge in [-0.3, -0.25) is 14.7 Å². The van der Waals surface area contributed by atoms with Gasteiger partial charge in [-0.2, -0.15) is 0 Å². The van der Waals surface area contributed by atoms with E-state index < -0.39 is 0 Å². The van der Waals surface area contributed by atoms with Gasteiger partial charge < -0.3 is 15.5 Å². The van der Waals surface area contributed by atoms with Crippen LogP contribution in [0.15, 0.2) is 4.99 Å². The minimum atomic E-state index is -0.303. The Labute approximate surface area is 160 Å². The molecule has 0 aromatic rings. The molecule has 3 fully saturated rings. The molecule has 2 aliphatic heterocycles. The molecular formula is C16H28IN5O2. The number of guanidine groups is 1. The number of nitrogens with zero attached hydrogens (tertiary/aromatic N) is 3. The molecule has 2 heterocycles. The fourth-order valence-corrected chi connectivity index (χ4v) is 3.94. The summed E-state index contributed by atoms with van der Waals surface area (Å²) in [6.07, 6.45) is 5.38. The van der Waals surface area contributed by atoms with Crippen molar-refractivity contribution in [3.63, 3.8) is 0 Å². The molecule has 2 atom stereocenters. The summed E-state index contributed by atoms with van der Waals surface area (Å²) in [5.74, 6) is 2.37. The van der Waals surface area contributed by atoms with E-state index in [4.69, 9.17) is 0 Å². The van der Waals surface area contributed by atoms with Crippen LogP contribution in [0.3, 0.4) is 0 Å². The molecule has 3 rings (SSSR count). The quantitative estimate of drug-likeness (QED) is 0.293. The fraction of sp³-hybridized carbons (Fsp3) is 0.812. The van der Waals surface area contributed by atoms with Crippen LogP contribution in [0, 0.1) is 11.8 Å². The third-order valence-electron chi connectivity index (χ3n) is 5.13. The van der Waals surface area contributed by atoms with E-state index in [1.165, 1.54) is 30.6 Å². The lowest BCUT2D eigenvalue weighted by Crippen LogP contribution is -2.41. The molecule has 2 N–H and O–H groups in total. The first-order valence-electron chi connectivity index (χ1n) is 8.80. The van der Waals surface area contributed by atoms with Crippen molar-refractivity contribution in [2.24, 2.45) is 16.8 Å². The van der Waals surface area contributed by atoms with E-state index in [0.717, 1.165) is 37.4 Å². The van der Waals surface area contributed by atoms with Crippen LogP contribution in [0.2, 0.25) is 0 Å². The summed E-state index contributed by atoms with van der Waals surface area (Å²) in [6, 6.07) is -0.303. The summed E-state index contributed by atoms with van der Waals surface area (Å²) >= 11 is 0. The lowest BCUT2D eigenvalue weighted by atomic mass is 9.82. The predicted molar refractivity (Wildman–Crippen MR) is 104 cm³/mol. The zero-order valence-electron chi connectivity index (χ0n) is 14.3. The Morgan fingerprint density at radius 2 is 1.92 bits per heavy atom. The molecule has 1 aliphatic carbocycles. The van der Waals surface area contributed by atoms with Crippen molar-refractivity contribution >= 4 is 41.9 Å². The second-order valence-electron chi connectivity index (χ2n) is 6.65. The Kier molecular flexibility index (Phi) is 7.12. The van der Waals surface area contributed by atoms with Crippen LogP contribution in [0.25, 0.3) is 0 Å². The lowest BCUT2D eigenvalue weighted by Gasteiger charge is -2.22. The standard InChI is InChI=1S/C16H27N5O2.HI/c1-2-17-15(18-7-8-21-14(22)9-19-16(21)23)20-10-12-5-3-4-6-13(12)11-20;/h12-13H,2-11H2,1H3,(H,17,18)(H,19,23);1H. The topological polar surface area (TPSA) is 77.0 Å². The first-order chi connectivity index (χ1) is 11.2. The van der Waals surface area contributed by atoms with Crippen LogP contribution < -0.4 is 10.6 Å². The largest absolute Gasteiger partial charge is 0.357 e. The van der Waals surface area contributed by atoms with E-state index in [2.05, 4.69) is 27.4 Å². The van der Waals surface area contributed by atoms with Gasteiger partial charge in [-0.25, -0.2) is 4.79 Å². The normalized spacial score (nSPS) is 27.0. The molecule has 2 unspecified atom stereocenters. The Bertz CT molecular complexity index is 469. The Balaban J connectivity index is 0.00000208. The molecule has 0 aromatic heterocycles. The van der Waals surface area contributed by atoms with Gasteiger partial charge >= 0.3 is 6.03 Å². The van der Waals surface area contributed by atoms with Crippen molar-refractivity contribution in [1.29, 1.82) is 0 Å². The third kappa shape index (κ3) is 4.31. The zero-order valence-corrected chi connectivity index (χ0v) is 16.6. The van der Waals surface area contributed by atoms with Crippen LogP contribution in [-0.4, -0.2) is 67.0 Å². The van der Waals surface area contributed by atoms with Gasteiger partial charge in [-0.1, -0.05) is 12.8 Å². The second-order valence-corrected chi connectivity index (χ2v) is 6.65. The molecule has 7 nitrogen and oxygen atoms in total. The number of halogens is 1. The highest BCUT2D eigenvalue weighted by Crippen LogP contribution is 2.35. The Hall–Kier alpha value is -1.06. The van der Waals surface area contributed by atoms with E-state index in [9.17, 15) is 9.59 Å². The maximum Gasteiger partial charge on any atom is 0.324 e. The second kappa shape index (κ2) is 8.87. The number of rotatable bonds is 4. The molecule has 8 heteroatoms. The highest BCUT2D eigenvalue weighted by molar-refractivity contribution is 14.0. The average molecular weight is 449 g/mol. The van der Waals surface area contributed by atoms with Crippen molar-refractivity contribution < 1.29 is 9.59 Å². The SMILES string of the molecule is CCNC(=NCCN1C(=O)CNC1=O)N1CC2CCCCC2C1.I. The summed E-state index contributed by atoms with van der Waals surface area (Å²) < 4.78 is 0. The number of aliphatic imine (C=N–C) groups is 1. The van der Waals surface area contributed by atoms with Gasteiger partial charge in [0.15, 0.2) is 5.96 Å². The van der Waals surface area contributed by atoms with Crippen molar-refractivity contribution in [1.82, 2.24) is 20.4 Å². The number of amides is 3. The molecule has 0 aromatic carbocycles. The molecular weight excluding hydrogens is 421 g/mol. The molecule has 3 aliphatic rings. The number of likely N-dealkylation sites (tertiary alicyclic amines) is 1. The number of urea groups is 1. The van der Waals surface area contributed by atoms with E-state index in [1.807, 2.05) is 0 Å². The minimum absolute atomic E-state index is 0. The van der Waals surface area contributed by atoms with Crippen LogP contribution in [0.4, 0.5) is 4.79 Å². The first kappa shape index (κ1) is 19.3. The summed E-state index contributed by atoms with van der Waals surface area (Å²) in [6.45, 7) is 5.97. The van der Waals surface area contributed by atoms with E-state index in [1.54, 1.807) is 0 Å². The zero-order chi connectivity index (χ0) is 16.2. The highest BCUT2D eigenvalue weighted by atomic mass is 127. The van der Waals surface area contributed by atoms with Crippen LogP contribution in [0.5, 0.6) is 0 Å². The van der Waals surface area contributed by atoms with Crippen LogP contribution in [0.1, 0.15) is 32.6 Å². The predicted octanol–water partition coefficient (Wildman–Crippen LogP) is 1.24. The minimum Gasteiger partial charge on any atom is -0.357 e. The summed E-state index contributed by atoms with van der Waals surface area (Å²) in [5, 5.41) is 5.89. The maximum absolute atomic E-state index is 11.6. The van der Waals surface area contributed by atoms with Gasteiger partial charge in [-0.05, 0) is 31.6 Å². The van der Waals surface area contributed by atoms with E-state index in [0.29, 0.717) is 13.1 Å². The third-order valence-corrected chi connectivity index (χ3v) is 5.13. The number of carbonyl (C=O) groups excluding carboxylic acids is 2.